The van der Waals surface area contributed by atoms with Gasteiger partial charge in [0.2, 0.25) is 10.0 Å². The van der Waals surface area contributed by atoms with E-state index >= 15 is 0 Å². The molecule has 0 amide bonds. The lowest BCUT2D eigenvalue weighted by molar-refractivity contribution is 0.283. The lowest BCUT2D eigenvalue weighted by Gasteiger charge is -2.27. The molecule has 1 aliphatic carbocycles. The number of hydrogen-bond donors (Lipinski definition) is 2. The van der Waals surface area contributed by atoms with Crippen LogP contribution in [0.1, 0.15) is 39.5 Å². The van der Waals surface area contributed by atoms with Crippen molar-refractivity contribution in [3.63, 3.8) is 0 Å². The largest absolute Gasteiger partial charge is 0.318 e. The van der Waals surface area contributed by atoms with E-state index in [0.29, 0.717) is 19.0 Å². The normalized spacial score (nSPS) is 27.9. The highest BCUT2D eigenvalue weighted by molar-refractivity contribution is 7.90. The van der Waals surface area contributed by atoms with Crippen LogP contribution in [0.25, 0.3) is 0 Å². The monoisotopic (exact) mass is 262 g/mol. The Morgan fingerprint density at radius 1 is 1.35 bits per heavy atom. The minimum absolute atomic E-state index is 0.367. The van der Waals surface area contributed by atoms with Gasteiger partial charge in [-0.1, -0.05) is 19.8 Å². The Hall–Kier alpha value is -0.130. The first-order chi connectivity index (χ1) is 7.95. The van der Waals surface area contributed by atoms with Gasteiger partial charge in [0.05, 0.1) is 5.25 Å². The molecule has 3 atom stereocenters. The van der Waals surface area contributed by atoms with Crippen LogP contribution in [-0.4, -0.2) is 33.8 Å². The highest BCUT2D eigenvalue weighted by Crippen LogP contribution is 2.28. The Kier molecular flexibility index (Phi) is 5.89. The molecular weight excluding hydrogens is 236 g/mol. The first-order valence-electron chi connectivity index (χ1n) is 6.58. The number of sulfonamides is 1. The molecule has 5 heteroatoms. The minimum Gasteiger partial charge on any atom is -0.318 e. The second-order valence-electron chi connectivity index (χ2n) is 5.40. The summed E-state index contributed by atoms with van der Waals surface area (Å²) in [6.45, 7) is 5.10. The Bertz CT molecular complexity index is 316. The van der Waals surface area contributed by atoms with Gasteiger partial charge < -0.3 is 5.32 Å². The van der Waals surface area contributed by atoms with Crippen LogP contribution >= 0.6 is 0 Å². The summed E-state index contributed by atoms with van der Waals surface area (Å²) in [5.74, 6) is 1.27. The van der Waals surface area contributed by atoms with Crippen LogP contribution in [0, 0.1) is 11.8 Å². The molecule has 17 heavy (non-hydrogen) atoms. The molecule has 0 heterocycles. The molecule has 102 valence electrons. The van der Waals surface area contributed by atoms with Gasteiger partial charge in [-0.3, -0.25) is 0 Å². The van der Waals surface area contributed by atoms with E-state index in [0.717, 1.165) is 18.8 Å². The van der Waals surface area contributed by atoms with Crippen LogP contribution in [0.5, 0.6) is 0 Å². The smallest absolute Gasteiger partial charge is 0.215 e. The van der Waals surface area contributed by atoms with Gasteiger partial charge >= 0.3 is 0 Å². The van der Waals surface area contributed by atoms with E-state index in [2.05, 4.69) is 17.0 Å². The maximum atomic E-state index is 11.9. The minimum atomic E-state index is -3.15. The van der Waals surface area contributed by atoms with Crippen molar-refractivity contribution >= 4 is 10.0 Å². The summed E-state index contributed by atoms with van der Waals surface area (Å²) in [5, 5.41) is 2.53. The average Bonchev–Trinajstić information content (AvgIpc) is 2.27. The van der Waals surface area contributed by atoms with E-state index < -0.39 is 10.0 Å². The molecule has 0 bridgehead atoms. The molecule has 1 rings (SSSR count). The van der Waals surface area contributed by atoms with Gasteiger partial charge in [0.15, 0.2) is 0 Å². The zero-order chi connectivity index (χ0) is 12.9. The fourth-order valence-electron chi connectivity index (χ4n) is 2.52. The summed E-state index contributed by atoms with van der Waals surface area (Å²) in [4.78, 5) is 0. The van der Waals surface area contributed by atoms with Gasteiger partial charge in [0.25, 0.3) is 0 Å². The molecule has 1 aliphatic rings. The van der Waals surface area contributed by atoms with Crippen molar-refractivity contribution < 1.29 is 8.42 Å². The first-order valence-corrected chi connectivity index (χ1v) is 8.13. The molecule has 0 saturated heterocycles. The van der Waals surface area contributed by atoms with E-state index in [1.807, 2.05) is 0 Å². The molecule has 3 unspecified atom stereocenters. The molecule has 1 fully saturated rings. The molecule has 1 saturated carbocycles. The fraction of sp³-hybridized carbons (Fsp3) is 1.00. The highest BCUT2D eigenvalue weighted by atomic mass is 32.2. The van der Waals surface area contributed by atoms with Crippen LogP contribution in [0.15, 0.2) is 0 Å². The SMILES string of the molecule is CNCC(C)S(=O)(=O)NCC1CCCC(C)C1. The number of nitrogens with one attached hydrogen (secondary N) is 2. The number of rotatable bonds is 6. The van der Waals surface area contributed by atoms with Gasteiger partial charge in [0, 0.05) is 13.1 Å². The zero-order valence-electron chi connectivity index (χ0n) is 11.2. The standard InChI is InChI=1S/C12H26N2O2S/c1-10-5-4-6-12(7-10)9-14-17(15,16)11(2)8-13-3/h10-14H,4-9H2,1-3H3. The van der Waals surface area contributed by atoms with E-state index in [1.165, 1.54) is 12.8 Å². The van der Waals surface area contributed by atoms with Crippen LogP contribution < -0.4 is 10.0 Å². The maximum Gasteiger partial charge on any atom is 0.215 e. The van der Waals surface area contributed by atoms with Crippen molar-refractivity contribution in [3.8, 4) is 0 Å². The van der Waals surface area contributed by atoms with Gasteiger partial charge in [0.1, 0.15) is 0 Å². The Morgan fingerprint density at radius 2 is 2.06 bits per heavy atom. The summed E-state index contributed by atoms with van der Waals surface area (Å²) < 4.78 is 26.6. The van der Waals surface area contributed by atoms with E-state index in [4.69, 9.17) is 0 Å². The molecular formula is C12H26N2O2S. The predicted molar refractivity (Wildman–Crippen MR) is 71.4 cm³/mol. The quantitative estimate of drug-likeness (QED) is 0.759. The second kappa shape index (κ2) is 6.71. The van der Waals surface area contributed by atoms with Gasteiger partial charge in [-0.15, -0.1) is 0 Å². The van der Waals surface area contributed by atoms with Crippen molar-refractivity contribution in [2.75, 3.05) is 20.1 Å². The highest BCUT2D eigenvalue weighted by Gasteiger charge is 2.23. The average molecular weight is 262 g/mol. The summed E-state index contributed by atoms with van der Waals surface area (Å²) in [6, 6.07) is 0. The van der Waals surface area contributed by atoms with E-state index in [1.54, 1.807) is 14.0 Å². The molecule has 0 aromatic carbocycles. The van der Waals surface area contributed by atoms with Crippen LogP contribution in [-0.2, 0) is 10.0 Å². The summed E-state index contributed by atoms with van der Waals surface area (Å²) >= 11 is 0. The molecule has 0 aromatic heterocycles. The lowest BCUT2D eigenvalue weighted by atomic mass is 9.83. The molecule has 2 N–H and O–H groups in total. The first kappa shape index (κ1) is 14.9. The molecule has 0 aromatic rings. The summed E-state index contributed by atoms with van der Waals surface area (Å²) in [5.41, 5.74) is 0. The van der Waals surface area contributed by atoms with Gasteiger partial charge in [-0.2, -0.15) is 0 Å². The summed E-state index contributed by atoms with van der Waals surface area (Å²) in [6.07, 6.45) is 4.84. The van der Waals surface area contributed by atoms with Crippen molar-refractivity contribution in [2.24, 2.45) is 11.8 Å². The van der Waals surface area contributed by atoms with Crippen molar-refractivity contribution in [1.82, 2.24) is 10.0 Å². The van der Waals surface area contributed by atoms with Crippen LogP contribution in [0.3, 0.4) is 0 Å². The van der Waals surface area contributed by atoms with Crippen molar-refractivity contribution in [3.05, 3.63) is 0 Å². The van der Waals surface area contributed by atoms with Crippen molar-refractivity contribution in [1.29, 1.82) is 0 Å². The van der Waals surface area contributed by atoms with Crippen LogP contribution in [0.4, 0.5) is 0 Å². The molecule has 4 nitrogen and oxygen atoms in total. The van der Waals surface area contributed by atoms with Crippen molar-refractivity contribution in [2.45, 2.75) is 44.8 Å². The Labute approximate surface area is 106 Å². The third-order valence-electron chi connectivity index (χ3n) is 3.64. The fourth-order valence-corrected chi connectivity index (χ4v) is 3.66. The third kappa shape index (κ3) is 4.94. The predicted octanol–water partition coefficient (Wildman–Crippen LogP) is 1.34. The van der Waals surface area contributed by atoms with Gasteiger partial charge in [-0.05, 0) is 38.6 Å². The number of hydrogen-bond acceptors (Lipinski definition) is 3. The zero-order valence-corrected chi connectivity index (χ0v) is 12.0. The maximum absolute atomic E-state index is 11.9. The molecule has 0 radical (unpaired) electrons. The summed E-state index contributed by atoms with van der Waals surface area (Å²) in [7, 11) is -1.38. The van der Waals surface area contributed by atoms with E-state index in [-0.39, 0.29) is 5.25 Å². The van der Waals surface area contributed by atoms with E-state index in [9.17, 15) is 8.42 Å². The topological polar surface area (TPSA) is 58.2 Å². The molecule has 0 spiro atoms. The Balaban J connectivity index is 2.38. The Morgan fingerprint density at radius 3 is 2.65 bits per heavy atom. The third-order valence-corrected chi connectivity index (χ3v) is 5.43. The lowest BCUT2D eigenvalue weighted by Crippen LogP contribution is -2.40. The molecule has 0 aliphatic heterocycles. The second-order valence-corrected chi connectivity index (χ2v) is 7.58. The van der Waals surface area contributed by atoms with Crippen LogP contribution in [0.2, 0.25) is 0 Å². The van der Waals surface area contributed by atoms with Gasteiger partial charge in [-0.25, -0.2) is 13.1 Å².